The first-order chi connectivity index (χ1) is 6.47. The first kappa shape index (κ1) is 11.9. The summed E-state index contributed by atoms with van der Waals surface area (Å²) in [5, 5.41) is 12.8. The Hall–Kier alpha value is -0.170. The zero-order chi connectivity index (χ0) is 10.7. The zero-order valence-corrected chi connectivity index (χ0v) is 9.14. The van der Waals surface area contributed by atoms with Crippen molar-refractivity contribution >= 4 is 9.84 Å². The fourth-order valence-corrected chi connectivity index (χ4v) is 3.43. The van der Waals surface area contributed by atoms with Gasteiger partial charge in [-0.15, -0.1) is 0 Å². The van der Waals surface area contributed by atoms with Crippen LogP contribution in [0.5, 0.6) is 0 Å². The highest BCUT2D eigenvalue weighted by molar-refractivity contribution is 7.91. The van der Waals surface area contributed by atoms with Crippen LogP contribution in [-0.2, 0) is 14.6 Å². The van der Waals surface area contributed by atoms with Crippen molar-refractivity contribution < 1.29 is 18.3 Å². The summed E-state index contributed by atoms with van der Waals surface area (Å²) in [6.45, 7) is 1.50. The van der Waals surface area contributed by atoms with Crippen LogP contribution in [-0.4, -0.2) is 57.4 Å². The van der Waals surface area contributed by atoms with Crippen molar-refractivity contribution in [1.82, 2.24) is 5.32 Å². The molecule has 1 rings (SSSR count). The molecule has 0 spiro atoms. The standard InChI is InChI=1S/C8H17NO4S/c1-13-4-3-9-6-8(10)2-5-14(11,12)7-8/h9-10H,2-7H2,1H3. The molecule has 0 aromatic carbocycles. The van der Waals surface area contributed by atoms with Crippen molar-refractivity contribution in [2.75, 3.05) is 38.3 Å². The number of aliphatic hydroxyl groups is 1. The van der Waals surface area contributed by atoms with Gasteiger partial charge in [0.2, 0.25) is 0 Å². The van der Waals surface area contributed by atoms with Crippen molar-refractivity contribution in [2.45, 2.75) is 12.0 Å². The van der Waals surface area contributed by atoms with Gasteiger partial charge in [-0.3, -0.25) is 0 Å². The van der Waals surface area contributed by atoms with Crippen LogP contribution in [0.2, 0.25) is 0 Å². The predicted octanol–water partition coefficient (Wildman–Crippen LogP) is -1.23. The topological polar surface area (TPSA) is 75.6 Å². The lowest BCUT2D eigenvalue weighted by Gasteiger charge is -2.20. The van der Waals surface area contributed by atoms with Gasteiger partial charge in [0.25, 0.3) is 0 Å². The second-order valence-corrected chi connectivity index (χ2v) is 5.92. The van der Waals surface area contributed by atoms with Gasteiger partial charge in [0.15, 0.2) is 9.84 Å². The third-order valence-corrected chi connectivity index (χ3v) is 4.11. The minimum atomic E-state index is -3.02. The fraction of sp³-hybridized carbons (Fsp3) is 1.00. The van der Waals surface area contributed by atoms with Crippen LogP contribution < -0.4 is 5.32 Å². The SMILES string of the molecule is COCCNCC1(O)CCS(=O)(=O)C1. The number of hydrogen-bond acceptors (Lipinski definition) is 5. The number of hydrogen-bond donors (Lipinski definition) is 2. The van der Waals surface area contributed by atoms with E-state index in [0.717, 1.165) is 0 Å². The van der Waals surface area contributed by atoms with Crippen molar-refractivity contribution in [3.8, 4) is 0 Å². The van der Waals surface area contributed by atoms with Gasteiger partial charge >= 0.3 is 0 Å². The summed E-state index contributed by atoms with van der Waals surface area (Å²) in [6, 6.07) is 0. The maximum atomic E-state index is 11.1. The highest BCUT2D eigenvalue weighted by atomic mass is 32.2. The summed E-state index contributed by atoms with van der Waals surface area (Å²) in [7, 11) is -1.42. The molecule has 2 N–H and O–H groups in total. The molecule has 84 valence electrons. The monoisotopic (exact) mass is 223 g/mol. The lowest BCUT2D eigenvalue weighted by atomic mass is 10.0. The van der Waals surface area contributed by atoms with Crippen LogP contribution in [0.3, 0.4) is 0 Å². The summed E-state index contributed by atoms with van der Waals surface area (Å²) in [5.41, 5.74) is -1.08. The number of rotatable bonds is 5. The van der Waals surface area contributed by atoms with E-state index in [2.05, 4.69) is 5.32 Å². The van der Waals surface area contributed by atoms with Gasteiger partial charge in [-0.2, -0.15) is 0 Å². The van der Waals surface area contributed by atoms with E-state index < -0.39 is 15.4 Å². The highest BCUT2D eigenvalue weighted by Gasteiger charge is 2.39. The lowest BCUT2D eigenvalue weighted by molar-refractivity contribution is 0.0651. The van der Waals surface area contributed by atoms with Crippen LogP contribution in [0.25, 0.3) is 0 Å². The Kier molecular flexibility index (Phi) is 3.88. The summed E-state index contributed by atoms with van der Waals surface area (Å²) in [4.78, 5) is 0. The van der Waals surface area contributed by atoms with Gasteiger partial charge in [0, 0.05) is 20.2 Å². The van der Waals surface area contributed by atoms with Crippen LogP contribution in [0.1, 0.15) is 6.42 Å². The molecular formula is C8H17NO4S. The second kappa shape index (κ2) is 4.57. The molecule has 0 aromatic rings. The van der Waals surface area contributed by atoms with E-state index in [1.54, 1.807) is 7.11 Å². The Bertz CT molecular complexity index is 277. The van der Waals surface area contributed by atoms with E-state index in [-0.39, 0.29) is 11.5 Å². The van der Waals surface area contributed by atoms with Crippen LogP contribution >= 0.6 is 0 Å². The molecule has 1 fully saturated rings. The summed E-state index contributed by atoms with van der Waals surface area (Å²) >= 11 is 0. The molecule has 0 amide bonds. The minimum Gasteiger partial charge on any atom is -0.387 e. The Morgan fingerprint density at radius 1 is 1.57 bits per heavy atom. The first-order valence-electron chi connectivity index (χ1n) is 4.60. The Balaban J connectivity index is 2.30. The summed E-state index contributed by atoms with van der Waals surface area (Å²) in [5.74, 6) is -0.0323. The molecule has 14 heavy (non-hydrogen) atoms. The van der Waals surface area contributed by atoms with Crippen molar-refractivity contribution in [3.05, 3.63) is 0 Å². The molecule has 0 radical (unpaired) electrons. The van der Waals surface area contributed by atoms with Crippen molar-refractivity contribution in [3.63, 3.8) is 0 Å². The fourth-order valence-electron chi connectivity index (χ4n) is 1.53. The largest absolute Gasteiger partial charge is 0.387 e. The van der Waals surface area contributed by atoms with Gasteiger partial charge in [-0.05, 0) is 6.42 Å². The summed E-state index contributed by atoms with van der Waals surface area (Å²) < 4.78 is 27.1. The van der Waals surface area contributed by atoms with Gasteiger partial charge in [-0.1, -0.05) is 0 Å². The van der Waals surface area contributed by atoms with Crippen molar-refractivity contribution in [1.29, 1.82) is 0 Å². The quantitative estimate of drug-likeness (QED) is 0.571. The smallest absolute Gasteiger partial charge is 0.153 e. The number of nitrogens with one attached hydrogen (secondary N) is 1. The van der Waals surface area contributed by atoms with Gasteiger partial charge in [0.1, 0.15) is 0 Å². The van der Waals surface area contributed by atoms with Crippen LogP contribution in [0.15, 0.2) is 0 Å². The Morgan fingerprint density at radius 2 is 2.29 bits per heavy atom. The molecule has 5 nitrogen and oxygen atoms in total. The highest BCUT2D eigenvalue weighted by Crippen LogP contribution is 2.22. The second-order valence-electron chi connectivity index (χ2n) is 3.74. The summed E-state index contributed by atoms with van der Waals surface area (Å²) in [6.07, 6.45) is 0.329. The number of sulfone groups is 1. The molecule has 0 saturated carbocycles. The molecule has 0 bridgehead atoms. The molecule has 1 saturated heterocycles. The maximum absolute atomic E-state index is 11.1. The lowest BCUT2D eigenvalue weighted by Crippen LogP contribution is -2.42. The number of methoxy groups -OCH3 is 1. The van der Waals surface area contributed by atoms with E-state index >= 15 is 0 Å². The van der Waals surface area contributed by atoms with Crippen LogP contribution in [0, 0.1) is 0 Å². The minimum absolute atomic E-state index is 0.0927. The molecule has 1 heterocycles. The molecular weight excluding hydrogens is 206 g/mol. The molecule has 1 unspecified atom stereocenters. The third kappa shape index (κ3) is 3.53. The van der Waals surface area contributed by atoms with E-state index in [1.807, 2.05) is 0 Å². The van der Waals surface area contributed by atoms with E-state index in [9.17, 15) is 13.5 Å². The maximum Gasteiger partial charge on any atom is 0.153 e. The van der Waals surface area contributed by atoms with Gasteiger partial charge < -0.3 is 15.2 Å². The Morgan fingerprint density at radius 3 is 2.79 bits per heavy atom. The van der Waals surface area contributed by atoms with Crippen molar-refractivity contribution in [2.24, 2.45) is 0 Å². The molecule has 0 aromatic heterocycles. The van der Waals surface area contributed by atoms with E-state index in [0.29, 0.717) is 26.1 Å². The molecule has 1 atom stereocenters. The Labute approximate surface area is 84.4 Å². The molecule has 6 heteroatoms. The number of ether oxygens (including phenoxy) is 1. The molecule has 1 aliphatic rings. The van der Waals surface area contributed by atoms with Gasteiger partial charge in [-0.25, -0.2) is 8.42 Å². The first-order valence-corrected chi connectivity index (χ1v) is 6.42. The average molecular weight is 223 g/mol. The zero-order valence-electron chi connectivity index (χ0n) is 8.32. The van der Waals surface area contributed by atoms with E-state index in [1.165, 1.54) is 0 Å². The van der Waals surface area contributed by atoms with Crippen LogP contribution in [0.4, 0.5) is 0 Å². The van der Waals surface area contributed by atoms with Gasteiger partial charge in [0.05, 0.1) is 23.7 Å². The molecule has 0 aliphatic carbocycles. The van der Waals surface area contributed by atoms with E-state index in [4.69, 9.17) is 4.74 Å². The third-order valence-electron chi connectivity index (χ3n) is 2.30. The molecule has 1 aliphatic heterocycles. The normalized spacial score (nSPS) is 30.7. The average Bonchev–Trinajstić information content (AvgIpc) is 2.36. The predicted molar refractivity (Wildman–Crippen MR) is 53.0 cm³/mol.